The summed E-state index contributed by atoms with van der Waals surface area (Å²) in [6, 6.07) is 5.77. The molecule has 0 bridgehead atoms. The molecule has 0 aromatic heterocycles. The molecule has 0 heterocycles. The minimum atomic E-state index is -4.68. The van der Waals surface area contributed by atoms with Crippen molar-refractivity contribution in [1.82, 2.24) is 0 Å². The highest BCUT2D eigenvalue weighted by Gasteiger charge is 2.31. The zero-order chi connectivity index (χ0) is 15.3. The van der Waals surface area contributed by atoms with E-state index in [0.717, 1.165) is 12.0 Å². The quantitative estimate of drug-likeness (QED) is 0.874. The Morgan fingerprint density at radius 1 is 1.30 bits per heavy atom. The summed E-state index contributed by atoms with van der Waals surface area (Å²) in [6.45, 7) is 3.76. The molecule has 114 valence electrons. The van der Waals surface area contributed by atoms with Crippen molar-refractivity contribution in [1.29, 1.82) is 0 Å². The summed E-state index contributed by atoms with van der Waals surface area (Å²) in [5.74, 6) is -0.135. The number of halogens is 3. The minimum absolute atomic E-state index is 0.109. The molecule has 2 unspecified atom stereocenters. The van der Waals surface area contributed by atoms with Crippen LogP contribution >= 0.6 is 0 Å². The van der Waals surface area contributed by atoms with Crippen LogP contribution in [0.1, 0.15) is 38.2 Å². The Balaban J connectivity index is 2.77. The van der Waals surface area contributed by atoms with Crippen molar-refractivity contribution in [3.63, 3.8) is 0 Å². The number of alkyl halides is 3. The van der Waals surface area contributed by atoms with Crippen molar-refractivity contribution in [2.24, 2.45) is 5.14 Å². The van der Waals surface area contributed by atoms with E-state index >= 15 is 0 Å². The van der Waals surface area contributed by atoms with Crippen molar-refractivity contribution in [2.75, 3.05) is 0 Å². The Labute approximate surface area is 118 Å². The van der Waals surface area contributed by atoms with Crippen molar-refractivity contribution in [3.05, 3.63) is 29.8 Å². The molecule has 3 atom stereocenters. The molecule has 3 nitrogen and oxygen atoms in total. The highest BCUT2D eigenvalue weighted by Crippen LogP contribution is 2.29. The number of benzene rings is 1. The summed E-state index contributed by atoms with van der Waals surface area (Å²) >= 11 is 0. The molecule has 0 spiro atoms. The van der Waals surface area contributed by atoms with E-state index in [4.69, 9.17) is 5.14 Å². The van der Waals surface area contributed by atoms with E-state index in [9.17, 15) is 17.4 Å². The highest BCUT2D eigenvalue weighted by atomic mass is 32.2. The number of hydrogen-bond acceptors (Lipinski definition) is 2. The maximum atomic E-state index is 12.1. The fourth-order valence-corrected chi connectivity index (χ4v) is 2.40. The molecule has 0 aliphatic carbocycles. The van der Waals surface area contributed by atoms with Gasteiger partial charge < -0.3 is 4.74 Å². The summed E-state index contributed by atoms with van der Waals surface area (Å²) in [5, 5.41) is 5.18. The fraction of sp³-hybridized carbons (Fsp3) is 0.538. The molecule has 0 saturated carbocycles. The third-order valence-electron chi connectivity index (χ3n) is 3.09. The Morgan fingerprint density at radius 3 is 2.25 bits per heavy atom. The first-order valence-corrected chi connectivity index (χ1v) is 7.51. The Bertz CT molecular complexity index is 448. The molecule has 0 amide bonds. The molecule has 0 aliphatic rings. The first kappa shape index (κ1) is 17.0. The van der Waals surface area contributed by atoms with Gasteiger partial charge in [-0.15, -0.1) is 13.2 Å². The van der Waals surface area contributed by atoms with Gasteiger partial charge in [0.25, 0.3) is 0 Å². The lowest BCUT2D eigenvalue weighted by atomic mass is 9.92. The average molecular weight is 309 g/mol. The maximum absolute atomic E-state index is 12.1. The monoisotopic (exact) mass is 309 g/mol. The Kier molecular flexibility index (Phi) is 6.01. The van der Waals surface area contributed by atoms with Crippen LogP contribution in [0.15, 0.2) is 24.3 Å². The number of nitrogens with two attached hydrogens (primary N) is 1. The van der Waals surface area contributed by atoms with E-state index in [2.05, 4.69) is 4.74 Å². The van der Waals surface area contributed by atoms with E-state index in [1.165, 1.54) is 12.1 Å². The van der Waals surface area contributed by atoms with Gasteiger partial charge in [0.1, 0.15) is 5.75 Å². The second-order valence-corrected chi connectivity index (χ2v) is 6.06. The largest absolute Gasteiger partial charge is 0.573 e. The third-order valence-corrected chi connectivity index (χ3v) is 4.08. The van der Waals surface area contributed by atoms with Gasteiger partial charge in [-0.25, -0.2) is 4.21 Å². The molecule has 1 rings (SSSR count). The second-order valence-electron chi connectivity index (χ2n) is 4.60. The van der Waals surface area contributed by atoms with E-state index < -0.39 is 17.3 Å². The van der Waals surface area contributed by atoms with Crippen LogP contribution in [0.3, 0.4) is 0 Å². The number of rotatable bonds is 6. The van der Waals surface area contributed by atoms with Crippen molar-refractivity contribution < 1.29 is 22.1 Å². The van der Waals surface area contributed by atoms with E-state index in [1.807, 2.05) is 6.92 Å². The van der Waals surface area contributed by atoms with Gasteiger partial charge >= 0.3 is 6.36 Å². The van der Waals surface area contributed by atoms with Gasteiger partial charge in [0.2, 0.25) is 0 Å². The molecule has 20 heavy (non-hydrogen) atoms. The fourth-order valence-electron chi connectivity index (χ4n) is 1.98. The van der Waals surface area contributed by atoms with Crippen LogP contribution in [0.4, 0.5) is 13.2 Å². The molecule has 0 fully saturated rings. The Hall–Kier alpha value is -1.08. The molecule has 1 aromatic rings. The van der Waals surface area contributed by atoms with Gasteiger partial charge in [-0.1, -0.05) is 19.1 Å². The van der Waals surface area contributed by atoms with Crippen molar-refractivity contribution in [2.45, 2.75) is 44.2 Å². The van der Waals surface area contributed by atoms with Crippen LogP contribution in [0, 0.1) is 0 Å². The van der Waals surface area contributed by atoms with Gasteiger partial charge in [0.15, 0.2) is 0 Å². The van der Waals surface area contributed by atoms with Crippen LogP contribution in [0.5, 0.6) is 5.75 Å². The van der Waals surface area contributed by atoms with E-state index in [0.29, 0.717) is 6.42 Å². The summed E-state index contributed by atoms with van der Waals surface area (Å²) in [7, 11) is -1.40. The first-order valence-electron chi connectivity index (χ1n) is 6.23. The summed E-state index contributed by atoms with van der Waals surface area (Å²) in [6.07, 6.45) is -3.27. The molecule has 0 aliphatic heterocycles. The zero-order valence-electron chi connectivity index (χ0n) is 11.3. The second kappa shape index (κ2) is 7.08. The van der Waals surface area contributed by atoms with Gasteiger partial charge in [-0.2, -0.15) is 0 Å². The smallest absolute Gasteiger partial charge is 0.406 e. The lowest BCUT2D eigenvalue weighted by Gasteiger charge is -2.19. The van der Waals surface area contributed by atoms with Gasteiger partial charge in [0, 0.05) is 5.25 Å². The molecule has 2 N–H and O–H groups in total. The normalized spacial score (nSPS) is 16.5. The van der Waals surface area contributed by atoms with Crippen molar-refractivity contribution in [3.8, 4) is 5.75 Å². The van der Waals surface area contributed by atoms with Gasteiger partial charge in [-0.05, 0) is 43.4 Å². The van der Waals surface area contributed by atoms with Crippen LogP contribution in [0.2, 0.25) is 0 Å². The van der Waals surface area contributed by atoms with Crippen LogP contribution in [-0.2, 0) is 11.0 Å². The minimum Gasteiger partial charge on any atom is -0.406 e. The molecule has 0 radical (unpaired) electrons. The van der Waals surface area contributed by atoms with Gasteiger partial charge in [-0.3, -0.25) is 5.14 Å². The van der Waals surface area contributed by atoms with Crippen molar-refractivity contribution >= 4 is 11.0 Å². The lowest BCUT2D eigenvalue weighted by Crippen LogP contribution is -2.21. The molecule has 1 aromatic carbocycles. The van der Waals surface area contributed by atoms with E-state index in [1.54, 1.807) is 19.1 Å². The third kappa shape index (κ3) is 5.50. The predicted molar refractivity (Wildman–Crippen MR) is 72.6 cm³/mol. The zero-order valence-corrected chi connectivity index (χ0v) is 12.1. The summed E-state index contributed by atoms with van der Waals surface area (Å²) in [5.41, 5.74) is 0.888. The molecular formula is C13H18F3NO2S. The molecular weight excluding hydrogens is 291 g/mol. The molecule has 0 saturated heterocycles. The Morgan fingerprint density at radius 2 is 1.85 bits per heavy atom. The van der Waals surface area contributed by atoms with Crippen LogP contribution < -0.4 is 9.88 Å². The lowest BCUT2D eigenvalue weighted by molar-refractivity contribution is -0.274. The SMILES string of the molecule is CC[C@@H](CC(C)S(N)=O)c1ccc(OC(F)(F)F)cc1. The van der Waals surface area contributed by atoms with Crippen LogP contribution in [-0.4, -0.2) is 15.8 Å². The predicted octanol–water partition coefficient (Wildman–Crippen LogP) is 3.48. The standard InChI is InChI=1S/C13H18F3NO2S/c1-3-10(8-9(2)20(17)18)11-4-6-12(7-5-11)19-13(14,15)16/h4-7,9-10H,3,8,17H2,1-2H3/t9?,10-,20?/m0/s1. The highest BCUT2D eigenvalue weighted by molar-refractivity contribution is 7.83. The van der Waals surface area contributed by atoms with Crippen LogP contribution in [0.25, 0.3) is 0 Å². The number of hydrogen-bond donors (Lipinski definition) is 1. The van der Waals surface area contributed by atoms with Gasteiger partial charge in [0.05, 0.1) is 11.0 Å². The first-order chi connectivity index (χ1) is 9.23. The van der Waals surface area contributed by atoms with E-state index in [-0.39, 0.29) is 16.9 Å². The summed E-state index contributed by atoms with van der Waals surface area (Å²) in [4.78, 5) is 0. The molecule has 7 heteroatoms. The summed E-state index contributed by atoms with van der Waals surface area (Å²) < 4.78 is 51.2. The maximum Gasteiger partial charge on any atom is 0.573 e. The topological polar surface area (TPSA) is 52.3 Å². The number of ether oxygens (including phenoxy) is 1. The average Bonchev–Trinajstić information content (AvgIpc) is 2.34.